The molecule has 0 radical (unpaired) electrons. The van der Waals surface area contributed by atoms with E-state index in [0.717, 1.165) is 32.5 Å². The lowest BCUT2D eigenvalue weighted by Gasteiger charge is -2.19. The van der Waals surface area contributed by atoms with Crippen molar-refractivity contribution in [3.63, 3.8) is 0 Å². The summed E-state index contributed by atoms with van der Waals surface area (Å²) in [7, 11) is 0. The van der Waals surface area contributed by atoms with Crippen LogP contribution in [0.25, 0.3) is 21.8 Å². The summed E-state index contributed by atoms with van der Waals surface area (Å²) in [5.74, 6) is 0. The summed E-state index contributed by atoms with van der Waals surface area (Å²) in [6.07, 6.45) is -0.405. The first-order valence-electron chi connectivity index (χ1n) is 8.23. The number of rotatable bonds is 4. The van der Waals surface area contributed by atoms with Crippen LogP contribution in [0.2, 0.25) is 5.02 Å². The summed E-state index contributed by atoms with van der Waals surface area (Å²) in [5.41, 5.74) is 2.60. The molecule has 1 heterocycles. The van der Waals surface area contributed by atoms with Gasteiger partial charge in [-0.1, -0.05) is 17.7 Å². The average Bonchev–Trinajstić information content (AvgIpc) is 2.87. The molecular formula is C19H22ClN3O2. The summed E-state index contributed by atoms with van der Waals surface area (Å²) in [5, 5.41) is 8.99. The molecule has 1 aromatic heterocycles. The summed E-state index contributed by atoms with van der Waals surface area (Å²) < 4.78 is 5.20. The van der Waals surface area contributed by atoms with Crippen LogP contribution >= 0.6 is 11.6 Å². The van der Waals surface area contributed by atoms with Crippen LogP contribution in [-0.4, -0.2) is 29.8 Å². The number of fused-ring (bicyclic) bond motifs is 3. The number of anilines is 1. The Labute approximate surface area is 151 Å². The highest BCUT2D eigenvalue weighted by molar-refractivity contribution is 6.31. The van der Waals surface area contributed by atoms with E-state index in [2.05, 4.69) is 27.8 Å². The molecular weight excluding hydrogens is 338 g/mol. The number of carbonyl (C=O) groups is 1. The SMILES string of the molecule is CC(C)(C)OC(=O)NCCNc1ccc2c(c1)[nH]c1ccc(Cl)cc12. The van der Waals surface area contributed by atoms with E-state index >= 15 is 0 Å². The van der Waals surface area contributed by atoms with Crippen LogP contribution in [0, 0.1) is 0 Å². The van der Waals surface area contributed by atoms with Crippen molar-refractivity contribution in [3.05, 3.63) is 41.4 Å². The van der Waals surface area contributed by atoms with Crippen molar-refractivity contribution in [2.24, 2.45) is 0 Å². The lowest BCUT2D eigenvalue weighted by atomic mass is 10.1. The minimum absolute atomic E-state index is 0.405. The largest absolute Gasteiger partial charge is 0.444 e. The van der Waals surface area contributed by atoms with Gasteiger partial charge in [-0.2, -0.15) is 0 Å². The number of hydrogen-bond donors (Lipinski definition) is 3. The van der Waals surface area contributed by atoms with Gasteiger partial charge in [0, 0.05) is 45.6 Å². The van der Waals surface area contributed by atoms with Crippen LogP contribution in [0.3, 0.4) is 0 Å². The number of nitrogens with one attached hydrogen (secondary N) is 3. The molecule has 0 saturated carbocycles. The van der Waals surface area contributed by atoms with E-state index in [1.165, 1.54) is 0 Å². The minimum atomic E-state index is -0.485. The molecule has 6 heteroatoms. The van der Waals surface area contributed by atoms with Crippen molar-refractivity contribution >= 4 is 45.2 Å². The number of aromatic amines is 1. The lowest BCUT2D eigenvalue weighted by Crippen LogP contribution is -2.34. The van der Waals surface area contributed by atoms with E-state index in [1.807, 2.05) is 45.0 Å². The molecule has 0 unspecified atom stereocenters. The van der Waals surface area contributed by atoms with Gasteiger partial charge in [0.1, 0.15) is 5.60 Å². The van der Waals surface area contributed by atoms with Gasteiger partial charge in [0.15, 0.2) is 0 Å². The van der Waals surface area contributed by atoms with Crippen molar-refractivity contribution in [1.82, 2.24) is 10.3 Å². The van der Waals surface area contributed by atoms with Crippen molar-refractivity contribution in [2.75, 3.05) is 18.4 Å². The summed E-state index contributed by atoms with van der Waals surface area (Å²) in [6.45, 7) is 6.61. The molecule has 0 bridgehead atoms. The highest BCUT2D eigenvalue weighted by Gasteiger charge is 2.15. The second-order valence-corrected chi connectivity index (χ2v) is 7.37. The van der Waals surface area contributed by atoms with E-state index in [1.54, 1.807) is 0 Å². The molecule has 0 atom stereocenters. The van der Waals surface area contributed by atoms with Crippen LogP contribution in [-0.2, 0) is 4.74 Å². The van der Waals surface area contributed by atoms with Gasteiger partial charge < -0.3 is 20.4 Å². The molecule has 0 aliphatic heterocycles. The van der Waals surface area contributed by atoms with Crippen molar-refractivity contribution < 1.29 is 9.53 Å². The Morgan fingerprint density at radius 2 is 1.88 bits per heavy atom. The molecule has 25 heavy (non-hydrogen) atoms. The zero-order chi connectivity index (χ0) is 18.0. The monoisotopic (exact) mass is 359 g/mol. The second kappa shape index (κ2) is 6.84. The minimum Gasteiger partial charge on any atom is -0.444 e. The van der Waals surface area contributed by atoms with Gasteiger partial charge in [-0.05, 0) is 51.1 Å². The molecule has 0 spiro atoms. The molecule has 2 aromatic carbocycles. The van der Waals surface area contributed by atoms with Crippen LogP contribution < -0.4 is 10.6 Å². The number of aromatic nitrogens is 1. The predicted octanol–water partition coefficient (Wildman–Crippen LogP) is 4.91. The molecule has 3 aromatic rings. The highest BCUT2D eigenvalue weighted by Crippen LogP contribution is 2.29. The number of ether oxygens (including phenoxy) is 1. The van der Waals surface area contributed by atoms with Crippen LogP contribution in [0.4, 0.5) is 10.5 Å². The van der Waals surface area contributed by atoms with E-state index in [-0.39, 0.29) is 0 Å². The zero-order valence-corrected chi connectivity index (χ0v) is 15.3. The smallest absolute Gasteiger partial charge is 0.407 e. The summed E-state index contributed by atoms with van der Waals surface area (Å²) >= 11 is 6.09. The van der Waals surface area contributed by atoms with Crippen molar-refractivity contribution in [2.45, 2.75) is 26.4 Å². The molecule has 0 aliphatic rings. The third kappa shape index (κ3) is 4.37. The number of amides is 1. The molecule has 0 saturated heterocycles. The third-order valence-corrected chi connectivity index (χ3v) is 3.92. The zero-order valence-electron chi connectivity index (χ0n) is 14.6. The Kier molecular flexibility index (Phi) is 4.77. The Morgan fingerprint density at radius 3 is 2.64 bits per heavy atom. The number of H-pyrrole nitrogens is 1. The molecule has 0 aliphatic carbocycles. The Hall–Kier alpha value is -2.40. The summed E-state index contributed by atoms with van der Waals surface area (Å²) in [4.78, 5) is 15.0. The first-order valence-corrected chi connectivity index (χ1v) is 8.61. The van der Waals surface area contributed by atoms with E-state index in [0.29, 0.717) is 13.1 Å². The number of halogens is 1. The first kappa shape index (κ1) is 17.4. The lowest BCUT2D eigenvalue weighted by molar-refractivity contribution is 0.0530. The molecule has 132 valence electrons. The van der Waals surface area contributed by atoms with E-state index in [9.17, 15) is 4.79 Å². The molecule has 5 nitrogen and oxygen atoms in total. The number of hydrogen-bond acceptors (Lipinski definition) is 3. The Bertz CT molecular complexity index is 912. The van der Waals surface area contributed by atoms with Gasteiger partial charge in [-0.15, -0.1) is 0 Å². The van der Waals surface area contributed by atoms with Gasteiger partial charge in [0.05, 0.1) is 0 Å². The molecule has 0 fully saturated rings. The van der Waals surface area contributed by atoms with Crippen LogP contribution in [0.1, 0.15) is 20.8 Å². The number of benzene rings is 2. The normalized spacial score (nSPS) is 11.7. The Balaban J connectivity index is 1.61. The van der Waals surface area contributed by atoms with Gasteiger partial charge in [-0.3, -0.25) is 0 Å². The van der Waals surface area contributed by atoms with Crippen molar-refractivity contribution in [1.29, 1.82) is 0 Å². The molecule has 1 amide bonds. The average molecular weight is 360 g/mol. The quantitative estimate of drug-likeness (QED) is 0.580. The fourth-order valence-corrected chi connectivity index (χ4v) is 2.84. The fraction of sp³-hybridized carbons (Fsp3) is 0.316. The highest BCUT2D eigenvalue weighted by atomic mass is 35.5. The topological polar surface area (TPSA) is 66.2 Å². The van der Waals surface area contributed by atoms with E-state index in [4.69, 9.17) is 16.3 Å². The van der Waals surface area contributed by atoms with Crippen LogP contribution in [0.5, 0.6) is 0 Å². The molecule has 3 rings (SSSR count). The number of carbonyl (C=O) groups excluding carboxylic acids is 1. The standard InChI is InChI=1S/C19H22ClN3O2/c1-19(2,3)25-18(24)22-9-8-21-13-5-6-14-15-10-12(20)4-7-16(15)23-17(14)11-13/h4-7,10-11,21,23H,8-9H2,1-3H3,(H,22,24). The second-order valence-electron chi connectivity index (χ2n) is 6.93. The van der Waals surface area contributed by atoms with Gasteiger partial charge in [-0.25, -0.2) is 4.79 Å². The predicted molar refractivity (Wildman–Crippen MR) is 104 cm³/mol. The van der Waals surface area contributed by atoms with Crippen molar-refractivity contribution in [3.8, 4) is 0 Å². The summed E-state index contributed by atoms with van der Waals surface area (Å²) in [6, 6.07) is 12.0. The maximum Gasteiger partial charge on any atom is 0.407 e. The maximum absolute atomic E-state index is 11.6. The first-order chi connectivity index (χ1) is 11.8. The third-order valence-electron chi connectivity index (χ3n) is 3.68. The fourth-order valence-electron chi connectivity index (χ4n) is 2.67. The number of alkyl carbamates (subject to hydrolysis) is 1. The Morgan fingerprint density at radius 1 is 1.08 bits per heavy atom. The van der Waals surface area contributed by atoms with Gasteiger partial charge in [0.2, 0.25) is 0 Å². The van der Waals surface area contributed by atoms with Gasteiger partial charge in [0.25, 0.3) is 0 Å². The molecule has 3 N–H and O–H groups in total. The maximum atomic E-state index is 11.6. The van der Waals surface area contributed by atoms with Crippen LogP contribution in [0.15, 0.2) is 36.4 Å². The van der Waals surface area contributed by atoms with E-state index < -0.39 is 11.7 Å². The van der Waals surface area contributed by atoms with Gasteiger partial charge >= 0.3 is 6.09 Å².